The second-order valence-electron chi connectivity index (χ2n) is 7.89. The molecule has 8 heteroatoms. The summed E-state index contributed by atoms with van der Waals surface area (Å²) in [4.78, 5) is 15.5. The number of likely N-dealkylation sites (N-methyl/N-ethyl adjacent to an activating group) is 1. The van der Waals surface area contributed by atoms with Crippen LogP contribution >= 0.6 is 11.6 Å². The molecule has 166 valence electrons. The van der Waals surface area contributed by atoms with E-state index < -0.39 is 6.10 Å². The summed E-state index contributed by atoms with van der Waals surface area (Å²) in [5.41, 5.74) is 8.27. The Bertz CT molecular complexity index is 1220. The number of rotatable bonds is 7. The number of hydrogen-bond acceptors (Lipinski definition) is 6. The van der Waals surface area contributed by atoms with Gasteiger partial charge in [-0.1, -0.05) is 35.9 Å². The maximum atomic E-state index is 13.4. The van der Waals surface area contributed by atoms with Crippen LogP contribution in [0.15, 0.2) is 54.9 Å². The maximum Gasteiger partial charge on any atom is 0.209 e. The van der Waals surface area contributed by atoms with Gasteiger partial charge in [-0.05, 0) is 37.9 Å². The van der Waals surface area contributed by atoms with Crippen molar-refractivity contribution >= 4 is 39.0 Å². The molecule has 0 radical (unpaired) electrons. The van der Waals surface area contributed by atoms with Gasteiger partial charge in [0.05, 0.1) is 0 Å². The van der Waals surface area contributed by atoms with Crippen molar-refractivity contribution in [3.05, 3.63) is 66.0 Å². The fourth-order valence-corrected chi connectivity index (χ4v) is 3.94. The number of halogens is 1. The monoisotopic (exact) mass is 452 g/mol. The largest absolute Gasteiger partial charge is 0.485 e. The first-order valence-corrected chi connectivity index (χ1v) is 10.6. The van der Waals surface area contributed by atoms with Crippen molar-refractivity contribution in [3.8, 4) is 11.5 Å². The lowest BCUT2D eigenvalue weighted by atomic mass is 10.0. The number of Topliss-reactive ketones (excluding diaryl/α,β-unsaturated/α-hetero) is 1. The van der Waals surface area contributed by atoms with Gasteiger partial charge in [0, 0.05) is 47.5 Å². The minimum absolute atomic E-state index is 0.138. The fraction of sp³-hybridized carbons (Fsp3) is 0.250. The number of allylic oxidation sites excluding steroid dienone is 1. The van der Waals surface area contributed by atoms with Crippen LogP contribution in [0, 0.1) is 5.41 Å². The predicted molar refractivity (Wildman–Crippen MR) is 127 cm³/mol. The third kappa shape index (κ3) is 4.22. The van der Waals surface area contributed by atoms with Gasteiger partial charge in [-0.25, -0.2) is 0 Å². The Morgan fingerprint density at radius 3 is 2.72 bits per heavy atom. The number of nitrogens with zero attached hydrogens (tertiary/aromatic N) is 2. The van der Waals surface area contributed by atoms with Gasteiger partial charge in [0.2, 0.25) is 5.78 Å². The van der Waals surface area contributed by atoms with Crippen LogP contribution in [-0.4, -0.2) is 53.8 Å². The zero-order valence-electron chi connectivity index (χ0n) is 18.0. The van der Waals surface area contributed by atoms with Crippen molar-refractivity contribution < 1.29 is 14.3 Å². The lowest BCUT2D eigenvalue weighted by Gasteiger charge is -2.25. The molecule has 0 fully saturated rings. The third-order valence-corrected chi connectivity index (χ3v) is 5.65. The highest BCUT2D eigenvalue weighted by Gasteiger charge is 2.30. The Morgan fingerprint density at radius 2 is 2.03 bits per heavy atom. The first-order chi connectivity index (χ1) is 15.4. The summed E-state index contributed by atoms with van der Waals surface area (Å²) in [5, 5.41) is 8.44. The smallest absolute Gasteiger partial charge is 0.209 e. The molecule has 32 heavy (non-hydrogen) atoms. The molecule has 0 aliphatic carbocycles. The summed E-state index contributed by atoms with van der Waals surface area (Å²) < 4.78 is 13.7. The fourth-order valence-electron chi connectivity index (χ4n) is 3.77. The van der Waals surface area contributed by atoms with Gasteiger partial charge in [0.15, 0.2) is 17.6 Å². The highest BCUT2D eigenvalue weighted by molar-refractivity contribution is 6.75. The summed E-state index contributed by atoms with van der Waals surface area (Å²) in [6.07, 6.45) is 2.45. The molecule has 4 rings (SSSR count). The molecule has 1 unspecified atom stereocenters. The molecule has 0 saturated carbocycles. The van der Waals surface area contributed by atoms with Crippen molar-refractivity contribution in [2.45, 2.75) is 12.6 Å². The number of carbonyl (C=O) groups is 1. The van der Waals surface area contributed by atoms with E-state index in [0.29, 0.717) is 29.2 Å². The average Bonchev–Trinajstić information content (AvgIpc) is 3.15. The number of fused-ring (bicyclic) bond motifs is 2. The average molecular weight is 453 g/mol. The molecule has 2 heterocycles. The second kappa shape index (κ2) is 9.06. The summed E-state index contributed by atoms with van der Waals surface area (Å²) >= 11 is 5.91. The molecule has 0 bridgehead atoms. The highest BCUT2D eigenvalue weighted by atomic mass is 35.5. The molecule has 1 aliphatic rings. The number of hydrogen-bond donors (Lipinski definition) is 2. The normalized spacial score (nSPS) is 15.9. The van der Waals surface area contributed by atoms with Gasteiger partial charge in [-0.15, -0.1) is 0 Å². The Hall–Kier alpha value is -3.29. The van der Waals surface area contributed by atoms with Gasteiger partial charge in [0.25, 0.3) is 0 Å². The third-order valence-electron chi connectivity index (χ3n) is 5.45. The maximum absolute atomic E-state index is 13.4. The molecule has 1 aliphatic heterocycles. The zero-order chi connectivity index (χ0) is 22.8. The van der Waals surface area contributed by atoms with Crippen LogP contribution in [0.5, 0.6) is 11.5 Å². The van der Waals surface area contributed by atoms with Crippen LogP contribution in [-0.2, 0) is 6.54 Å². The molecule has 3 N–H and O–H groups in total. The number of carbonyl (C=O) groups excluding carboxylic acids is 1. The van der Waals surface area contributed by atoms with E-state index in [1.807, 2.05) is 61.3 Å². The van der Waals surface area contributed by atoms with Gasteiger partial charge >= 0.3 is 0 Å². The molecule has 0 amide bonds. The summed E-state index contributed by atoms with van der Waals surface area (Å²) in [5.74, 6) is 1.06. The SMILES string of the molecule is CN(C)CCn1cc(C(=O)C2COc3ccccc3O2)c2ccc(/C(=C/N)C(=N)Cl)cc21. The molecule has 7 nitrogen and oxygen atoms in total. The number of para-hydroxylation sites is 2. The number of ketones is 1. The van der Waals surface area contributed by atoms with E-state index in [0.717, 1.165) is 23.0 Å². The van der Waals surface area contributed by atoms with Crippen molar-refractivity contribution in [2.75, 3.05) is 27.2 Å². The zero-order valence-corrected chi connectivity index (χ0v) is 18.7. The minimum atomic E-state index is -0.729. The Kier molecular flexibility index (Phi) is 6.21. The van der Waals surface area contributed by atoms with Crippen LogP contribution in [0.4, 0.5) is 0 Å². The Morgan fingerprint density at radius 1 is 1.28 bits per heavy atom. The quantitative estimate of drug-likeness (QED) is 0.420. The molecule has 0 saturated heterocycles. The number of nitrogens with two attached hydrogens (primary N) is 1. The topological polar surface area (TPSA) is 93.6 Å². The van der Waals surface area contributed by atoms with E-state index >= 15 is 0 Å². The number of benzene rings is 2. The lowest BCUT2D eigenvalue weighted by molar-refractivity contribution is 0.0587. The molecule has 1 atom stereocenters. The van der Waals surface area contributed by atoms with Crippen molar-refractivity contribution in [1.82, 2.24) is 9.47 Å². The standard InChI is InChI=1S/C24H25ClN4O3/c1-28(2)9-10-29-13-18(16-8-7-15(11-19(16)29)17(12-26)24(25)27)23(30)22-14-31-20-5-3-4-6-21(20)32-22/h3-8,11-13,22,27H,9-10,14,26H2,1-2H3/b17-12-,27-24?. The van der Waals surface area contributed by atoms with E-state index in [-0.39, 0.29) is 17.6 Å². The van der Waals surface area contributed by atoms with Crippen LogP contribution in [0.25, 0.3) is 16.5 Å². The number of ether oxygens (including phenoxy) is 2. The van der Waals surface area contributed by atoms with Gasteiger partial charge in [-0.3, -0.25) is 10.2 Å². The van der Waals surface area contributed by atoms with Gasteiger partial charge in [0.1, 0.15) is 11.8 Å². The van der Waals surface area contributed by atoms with Gasteiger partial charge in [-0.2, -0.15) is 0 Å². The summed E-state index contributed by atoms with van der Waals surface area (Å²) in [6.45, 7) is 1.63. The van der Waals surface area contributed by atoms with E-state index in [1.165, 1.54) is 6.20 Å². The minimum Gasteiger partial charge on any atom is -0.485 e. The van der Waals surface area contributed by atoms with E-state index in [4.69, 9.17) is 32.2 Å². The number of nitrogens with one attached hydrogen (secondary N) is 1. The second-order valence-corrected chi connectivity index (χ2v) is 8.27. The predicted octanol–water partition coefficient (Wildman–Crippen LogP) is 3.74. The molecular weight excluding hydrogens is 428 g/mol. The molecule has 3 aromatic rings. The first kappa shape index (κ1) is 21.9. The molecule has 2 aromatic carbocycles. The summed E-state index contributed by atoms with van der Waals surface area (Å²) in [7, 11) is 4.00. The van der Waals surface area contributed by atoms with Crippen molar-refractivity contribution in [1.29, 1.82) is 5.41 Å². The molecule has 0 spiro atoms. The number of aromatic nitrogens is 1. The van der Waals surface area contributed by atoms with E-state index in [9.17, 15) is 4.79 Å². The van der Waals surface area contributed by atoms with Crippen LogP contribution in [0.1, 0.15) is 15.9 Å². The van der Waals surface area contributed by atoms with Crippen LogP contribution < -0.4 is 15.2 Å². The molecule has 1 aromatic heterocycles. The molecular formula is C24H25ClN4O3. The van der Waals surface area contributed by atoms with Crippen molar-refractivity contribution in [3.63, 3.8) is 0 Å². The highest BCUT2D eigenvalue weighted by Crippen LogP contribution is 2.33. The Labute approximate surface area is 191 Å². The van der Waals surface area contributed by atoms with Gasteiger partial charge < -0.3 is 24.7 Å². The van der Waals surface area contributed by atoms with Crippen LogP contribution in [0.3, 0.4) is 0 Å². The summed E-state index contributed by atoms with van der Waals surface area (Å²) in [6, 6.07) is 12.9. The lowest BCUT2D eigenvalue weighted by Crippen LogP contribution is -2.36. The van der Waals surface area contributed by atoms with Crippen LogP contribution in [0.2, 0.25) is 0 Å². The van der Waals surface area contributed by atoms with E-state index in [2.05, 4.69) is 4.90 Å². The van der Waals surface area contributed by atoms with E-state index in [1.54, 1.807) is 6.07 Å². The first-order valence-electron chi connectivity index (χ1n) is 10.3. The van der Waals surface area contributed by atoms with Crippen molar-refractivity contribution in [2.24, 2.45) is 5.73 Å². The Balaban J connectivity index is 1.74.